The lowest BCUT2D eigenvalue weighted by Gasteiger charge is -2.34. The second kappa shape index (κ2) is 6.05. The van der Waals surface area contributed by atoms with E-state index in [1.54, 1.807) is 11.9 Å². The fourth-order valence-electron chi connectivity index (χ4n) is 2.64. The van der Waals surface area contributed by atoms with Gasteiger partial charge in [-0.25, -0.2) is 4.39 Å². The van der Waals surface area contributed by atoms with Gasteiger partial charge >= 0.3 is 0 Å². The standard InChI is InChI=1S/C13H17BrFN3O2/c1-17(9-4-2-8(16)3-5-9)12-7-11(15)10(14)6-13(12)18(19)20/h6-9H,2-5,16H2,1H3. The van der Waals surface area contributed by atoms with E-state index in [0.29, 0.717) is 5.69 Å². The van der Waals surface area contributed by atoms with Crippen LogP contribution in [0.25, 0.3) is 0 Å². The van der Waals surface area contributed by atoms with Gasteiger partial charge in [0.1, 0.15) is 11.5 Å². The quantitative estimate of drug-likeness (QED) is 0.674. The first-order valence-corrected chi connectivity index (χ1v) is 7.31. The molecule has 0 aromatic heterocycles. The monoisotopic (exact) mass is 345 g/mol. The molecule has 0 bridgehead atoms. The topological polar surface area (TPSA) is 72.4 Å². The summed E-state index contributed by atoms with van der Waals surface area (Å²) in [7, 11) is 1.77. The van der Waals surface area contributed by atoms with Crippen molar-refractivity contribution >= 4 is 27.3 Å². The van der Waals surface area contributed by atoms with Crippen molar-refractivity contribution in [2.75, 3.05) is 11.9 Å². The van der Waals surface area contributed by atoms with Gasteiger partial charge in [-0.05, 0) is 41.6 Å². The Morgan fingerprint density at radius 3 is 2.55 bits per heavy atom. The summed E-state index contributed by atoms with van der Waals surface area (Å²) >= 11 is 2.99. The minimum atomic E-state index is -0.495. The molecule has 2 rings (SSSR count). The molecule has 0 aliphatic heterocycles. The summed E-state index contributed by atoms with van der Waals surface area (Å²) in [5, 5.41) is 11.1. The first-order valence-electron chi connectivity index (χ1n) is 6.52. The zero-order valence-electron chi connectivity index (χ0n) is 11.2. The highest BCUT2D eigenvalue weighted by atomic mass is 79.9. The number of nitrogens with two attached hydrogens (primary N) is 1. The van der Waals surface area contributed by atoms with Crippen molar-refractivity contribution in [2.45, 2.75) is 37.8 Å². The first kappa shape index (κ1) is 15.2. The Hall–Kier alpha value is -1.21. The summed E-state index contributed by atoms with van der Waals surface area (Å²) in [6.07, 6.45) is 3.52. The lowest BCUT2D eigenvalue weighted by atomic mass is 9.90. The molecule has 110 valence electrons. The van der Waals surface area contributed by atoms with Crippen LogP contribution < -0.4 is 10.6 Å². The maximum Gasteiger partial charge on any atom is 0.293 e. The van der Waals surface area contributed by atoms with Crippen LogP contribution in [0.4, 0.5) is 15.8 Å². The van der Waals surface area contributed by atoms with Gasteiger partial charge in [0.05, 0.1) is 9.40 Å². The van der Waals surface area contributed by atoms with E-state index >= 15 is 0 Å². The molecule has 1 aliphatic rings. The summed E-state index contributed by atoms with van der Waals surface area (Å²) < 4.78 is 13.8. The molecule has 7 heteroatoms. The number of hydrogen-bond acceptors (Lipinski definition) is 4. The second-order valence-electron chi connectivity index (χ2n) is 5.19. The van der Waals surface area contributed by atoms with Crippen LogP contribution in [0.5, 0.6) is 0 Å². The highest BCUT2D eigenvalue weighted by Gasteiger charge is 2.27. The van der Waals surface area contributed by atoms with Gasteiger partial charge in [0.25, 0.3) is 5.69 Å². The Balaban J connectivity index is 2.31. The fraction of sp³-hybridized carbons (Fsp3) is 0.538. The van der Waals surface area contributed by atoms with E-state index in [9.17, 15) is 14.5 Å². The van der Waals surface area contributed by atoms with Gasteiger partial charge in [0.15, 0.2) is 0 Å². The number of hydrogen-bond donors (Lipinski definition) is 1. The van der Waals surface area contributed by atoms with Crippen molar-refractivity contribution in [3.05, 3.63) is 32.5 Å². The van der Waals surface area contributed by atoms with E-state index in [4.69, 9.17) is 5.73 Å². The lowest BCUT2D eigenvalue weighted by Crippen LogP contribution is -2.39. The third-order valence-corrected chi connectivity index (χ3v) is 4.49. The summed E-state index contributed by atoms with van der Waals surface area (Å²) in [5.41, 5.74) is 6.09. The molecule has 0 atom stereocenters. The van der Waals surface area contributed by atoms with E-state index in [0.717, 1.165) is 25.7 Å². The van der Waals surface area contributed by atoms with Crippen LogP contribution in [0, 0.1) is 15.9 Å². The number of benzene rings is 1. The van der Waals surface area contributed by atoms with Crippen LogP contribution in [0.1, 0.15) is 25.7 Å². The van der Waals surface area contributed by atoms with Crippen LogP contribution in [0.15, 0.2) is 16.6 Å². The van der Waals surface area contributed by atoms with E-state index < -0.39 is 10.7 Å². The maximum atomic E-state index is 13.7. The molecule has 0 unspecified atom stereocenters. The number of nitro groups is 1. The lowest BCUT2D eigenvalue weighted by molar-refractivity contribution is -0.384. The Morgan fingerprint density at radius 1 is 1.40 bits per heavy atom. The van der Waals surface area contributed by atoms with Gasteiger partial charge in [-0.2, -0.15) is 0 Å². The smallest absolute Gasteiger partial charge is 0.293 e. The highest BCUT2D eigenvalue weighted by molar-refractivity contribution is 9.10. The van der Waals surface area contributed by atoms with Gasteiger partial charge in [-0.1, -0.05) is 0 Å². The minimum Gasteiger partial charge on any atom is -0.366 e. The van der Waals surface area contributed by atoms with E-state index in [2.05, 4.69) is 15.9 Å². The van der Waals surface area contributed by atoms with Crippen LogP contribution >= 0.6 is 15.9 Å². The molecule has 2 N–H and O–H groups in total. The van der Waals surface area contributed by atoms with E-state index in [1.807, 2.05) is 0 Å². The Morgan fingerprint density at radius 2 is 2.00 bits per heavy atom. The SMILES string of the molecule is CN(c1cc(F)c(Br)cc1[N+](=O)[O-])C1CCC(N)CC1. The molecule has 1 saturated carbocycles. The highest BCUT2D eigenvalue weighted by Crippen LogP contribution is 2.35. The van der Waals surface area contributed by atoms with Crippen molar-refractivity contribution < 1.29 is 9.31 Å². The molecule has 0 radical (unpaired) electrons. The average Bonchev–Trinajstić information content (AvgIpc) is 2.41. The molecule has 1 fully saturated rings. The molecule has 0 spiro atoms. The van der Waals surface area contributed by atoms with E-state index in [-0.39, 0.29) is 22.2 Å². The van der Waals surface area contributed by atoms with Crippen LogP contribution in [0.2, 0.25) is 0 Å². The maximum absolute atomic E-state index is 13.7. The summed E-state index contributed by atoms with van der Waals surface area (Å²) in [5.74, 6) is -0.495. The van der Waals surface area contributed by atoms with Gasteiger partial charge in [0, 0.05) is 31.3 Å². The molecule has 0 amide bonds. The molecule has 1 aromatic rings. The summed E-state index contributed by atoms with van der Waals surface area (Å²) in [6.45, 7) is 0. The van der Waals surface area contributed by atoms with Crippen LogP contribution in [-0.2, 0) is 0 Å². The van der Waals surface area contributed by atoms with Gasteiger partial charge in [-0.3, -0.25) is 10.1 Å². The van der Waals surface area contributed by atoms with Crippen molar-refractivity contribution in [1.82, 2.24) is 0 Å². The van der Waals surface area contributed by atoms with Crippen molar-refractivity contribution in [3.8, 4) is 0 Å². The Kier molecular flexibility index (Phi) is 4.59. The predicted octanol–water partition coefficient (Wildman–Crippen LogP) is 3.20. The fourth-order valence-corrected chi connectivity index (χ4v) is 2.97. The third-order valence-electron chi connectivity index (χ3n) is 3.88. The normalized spacial score (nSPS) is 22.6. The molecular weight excluding hydrogens is 329 g/mol. The summed E-state index contributed by atoms with van der Waals surface area (Å²) in [6, 6.07) is 2.80. The number of nitrogens with zero attached hydrogens (tertiary/aromatic N) is 2. The van der Waals surface area contributed by atoms with Gasteiger partial charge < -0.3 is 10.6 Å². The average molecular weight is 346 g/mol. The third kappa shape index (κ3) is 3.09. The molecule has 1 aromatic carbocycles. The molecule has 5 nitrogen and oxygen atoms in total. The number of halogens is 2. The molecular formula is C13H17BrFN3O2. The van der Waals surface area contributed by atoms with Gasteiger partial charge in [-0.15, -0.1) is 0 Å². The minimum absolute atomic E-state index is 0.0874. The zero-order chi connectivity index (χ0) is 14.9. The second-order valence-corrected chi connectivity index (χ2v) is 6.05. The van der Waals surface area contributed by atoms with Gasteiger partial charge in [0.2, 0.25) is 0 Å². The number of nitro benzene ring substituents is 1. The number of anilines is 1. The van der Waals surface area contributed by atoms with Crippen molar-refractivity contribution in [3.63, 3.8) is 0 Å². The van der Waals surface area contributed by atoms with Crippen molar-refractivity contribution in [1.29, 1.82) is 0 Å². The molecule has 20 heavy (non-hydrogen) atoms. The molecule has 0 saturated heterocycles. The predicted molar refractivity (Wildman–Crippen MR) is 79.4 cm³/mol. The van der Waals surface area contributed by atoms with Crippen LogP contribution in [0.3, 0.4) is 0 Å². The zero-order valence-corrected chi connectivity index (χ0v) is 12.8. The van der Waals surface area contributed by atoms with Crippen molar-refractivity contribution in [2.24, 2.45) is 5.73 Å². The summed E-state index contributed by atoms with van der Waals surface area (Å²) in [4.78, 5) is 12.5. The van der Waals surface area contributed by atoms with E-state index in [1.165, 1.54) is 12.1 Å². The first-order chi connectivity index (χ1) is 9.40. The Labute approximate surface area is 125 Å². The Bertz CT molecular complexity index is 519. The van der Waals surface area contributed by atoms with Crippen LogP contribution in [-0.4, -0.2) is 24.1 Å². The molecule has 0 heterocycles. The largest absolute Gasteiger partial charge is 0.366 e. The molecule has 1 aliphatic carbocycles. The number of rotatable bonds is 3.